The van der Waals surface area contributed by atoms with Crippen LogP contribution in [-0.2, 0) is 4.74 Å². The van der Waals surface area contributed by atoms with Crippen LogP contribution >= 0.6 is 0 Å². The van der Waals surface area contributed by atoms with Crippen LogP contribution in [0.4, 0.5) is 0 Å². The Bertz CT molecular complexity index is 255. The predicted molar refractivity (Wildman–Crippen MR) is 82.6 cm³/mol. The summed E-state index contributed by atoms with van der Waals surface area (Å²) in [6.45, 7) is 17.5. The molecule has 0 aromatic carbocycles. The molecule has 3 unspecified atom stereocenters. The SMILES string of the molecule is CCOC(C)(C)CN1CC(C(C)CC)NCC1CC. The van der Waals surface area contributed by atoms with E-state index in [9.17, 15) is 0 Å². The van der Waals surface area contributed by atoms with Crippen molar-refractivity contribution in [2.45, 2.75) is 72.1 Å². The molecule has 0 aliphatic carbocycles. The van der Waals surface area contributed by atoms with Crippen LogP contribution in [0, 0.1) is 5.92 Å². The summed E-state index contributed by atoms with van der Waals surface area (Å²) < 4.78 is 5.88. The molecule has 1 aliphatic rings. The molecule has 0 radical (unpaired) electrons. The van der Waals surface area contributed by atoms with Gasteiger partial charge in [-0.15, -0.1) is 0 Å². The van der Waals surface area contributed by atoms with E-state index in [4.69, 9.17) is 4.74 Å². The second-order valence-electron chi connectivity index (χ2n) is 6.58. The second kappa shape index (κ2) is 7.61. The lowest BCUT2D eigenvalue weighted by Crippen LogP contribution is -2.60. The molecule has 0 bridgehead atoms. The fourth-order valence-electron chi connectivity index (χ4n) is 3.07. The molecule has 1 saturated heterocycles. The highest BCUT2D eigenvalue weighted by molar-refractivity contribution is 4.90. The summed E-state index contributed by atoms with van der Waals surface area (Å²) >= 11 is 0. The maximum absolute atomic E-state index is 5.88. The third kappa shape index (κ3) is 5.05. The quantitative estimate of drug-likeness (QED) is 0.770. The molecular formula is C16H34N2O. The number of nitrogens with one attached hydrogen (secondary N) is 1. The van der Waals surface area contributed by atoms with Crippen LogP contribution in [0.3, 0.4) is 0 Å². The Balaban J connectivity index is 2.64. The Morgan fingerprint density at radius 1 is 1.32 bits per heavy atom. The van der Waals surface area contributed by atoms with Crippen molar-refractivity contribution in [2.24, 2.45) is 5.92 Å². The van der Waals surface area contributed by atoms with Crippen molar-refractivity contribution in [3.63, 3.8) is 0 Å². The van der Waals surface area contributed by atoms with E-state index in [1.54, 1.807) is 0 Å². The fourth-order valence-corrected chi connectivity index (χ4v) is 3.07. The van der Waals surface area contributed by atoms with E-state index in [0.717, 1.165) is 32.2 Å². The highest BCUT2D eigenvalue weighted by atomic mass is 16.5. The Morgan fingerprint density at radius 3 is 2.53 bits per heavy atom. The molecule has 1 rings (SSSR count). The van der Waals surface area contributed by atoms with Gasteiger partial charge < -0.3 is 10.1 Å². The molecule has 3 heteroatoms. The van der Waals surface area contributed by atoms with Gasteiger partial charge in [0.05, 0.1) is 5.60 Å². The standard InChI is InChI=1S/C16H34N2O/c1-7-13(4)15-11-18(14(8-2)10-17-15)12-16(5,6)19-9-3/h13-15,17H,7-12H2,1-6H3. The van der Waals surface area contributed by atoms with Gasteiger partial charge in [0.1, 0.15) is 0 Å². The van der Waals surface area contributed by atoms with Gasteiger partial charge in [-0.3, -0.25) is 4.90 Å². The minimum atomic E-state index is -0.0422. The highest BCUT2D eigenvalue weighted by Crippen LogP contribution is 2.21. The van der Waals surface area contributed by atoms with Gasteiger partial charge in [0, 0.05) is 38.3 Å². The van der Waals surface area contributed by atoms with E-state index < -0.39 is 0 Å². The Labute approximate surface area is 120 Å². The molecule has 0 amide bonds. The van der Waals surface area contributed by atoms with Crippen molar-refractivity contribution in [3.05, 3.63) is 0 Å². The first-order valence-electron chi connectivity index (χ1n) is 8.04. The summed E-state index contributed by atoms with van der Waals surface area (Å²) in [6, 6.07) is 1.28. The van der Waals surface area contributed by atoms with Crippen molar-refractivity contribution in [1.29, 1.82) is 0 Å². The summed E-state index contributed by atoms with van der Waals surface area (Å²) in [4.78, 5) is 2.64. The van der Waals surface area contributed by atoms with Gasteiger partial charge in [0.2, 0.25) is 0 Å². The monoisotopic (exact) mass is 270 g/mol. The molecule has 19 heavy (non-hydrogen) atoms. The molecule has 1 N–H and O–H groups in total. The fraction of sp³-hybridized carbons (Fsp3) is 1.00. The van der Waals surface area contributed by atoms with Gasteiger partial charge >= 0.3 is 0 Å². The summed E-state index contributed by atoms with van der Waals surface area (Å²) in [7, 11) is 0. The minimum Gasteiger partial charge on any atom is -0.375 e. The third-order valence-corrected chi connectivity index (χ3v) is 4.48. The summed E-state index contributed by atoms with van der Waals surface area (Å²) in [5.74, 6) is 0.746. The molecule has 0 aromatic heterocycles. The number of nitrogens with zero attached hydrogens (tertiary/aromatic N) is 1. The van der Waals surface area contributed by atoms with Crippen molar-refractivity contribution >= 4 is 0 Å². The van der Waals surface area contributed by atoms with E-state index in [1.807, 2.05) is 0 Å². The van der Waals surface area contributed by atoms with Gasteiger partial charge in [0.25, 0.3) is 0 Å². The molecule has 114 valence electrons. The van der Waals surface area contributed by atoms with Crippen LogP contribution < -0.4 is 5.32 Å². The molecule has 3 atom stereocenters. The lowest BCUT2D eigenvalue weighted by Gasteiger charge is -2.45. The number of ether oxygens (including phenoxy) is 1. The number of piperazine rings is 1. The largest absolute Gasteiger partial charge is 0.375 e. The Morgan fingerprint density at radius 2 is 2.00 bits per heavy atom. The van der Waals surface area contributed by atoms with Gasteiger partial charge in [-0.1, -0.05) is 27.2 Å². The van der Waals surface area contributed by atoms with E-state index in [2.05, 4.69) is 51.8 Å². The second-order valence-corrected chi connectivity index (χ2v) is 6.58. The molecule has 1 heterocycles. The smallest absolute Gasteiger partial charge is 0.0752 e. The van der Waals surface area contributed by atoms with Gasteiger partial charge in [0.15, 0.2) is 0 Å². The van der Waals surface area contributed by atoms with Gasteiger partial charge in [-0.05, 0) is 33.1 Å². The zero-order valence-electron chi connectivity index (χ0n) is 13.8. The predicted octanol–water partition coefficient (Wildman–Crippen LogP) is 2.90. The van der Waals surface area contributed by atoms with Crippen LogP contribution in [0.1, 0.15) is 54.4 Å². The lowest BCUT2D eigenvalue weighted by atomic mass is 9.93. The van der Waals surface area contributed by atoms with E-state index in [0.29, 0.717) is 12.1 Å². The van der Waals surface area contributed by atoms with Crippen LogP contribution in [-0.4, -0.2) is 48.8 Å². The van der Waals surface area contributed by atoms with Crippen LogP contribution in [0.15, 0.2) is 0 Å². The normalized spacial score (nSPS) is 27.5. The highest BCUT2D eigenvalue weighted by Gasteiger charge is 2.32. The molecule has 1 aliphatic heterocycles. The molecule has 3 nitrogen and oxygen atoms in total. The number of rotatable bonds is 7. The average Bonchev–Trinajstić information content (AvgIpc) is 2.37. The van der Waals surface area contributed by atoms with Crippen molar-refractivity contribution in [1.82, 2.24) is 10.2 Å². The first kappa shape index (κ1) is 16.9. The molecule has 0 saturated carbocycles. The summed E-state index contributed by atoms with van der Waals surface area (Å²) in [6.07, 6.45) is 2.46. The van der Waals surface area contributed by atoms with Gasteiger partial charge in [-0.2, -0.15) is 0 Å². The maximum atomic E-state index is 5.88. The Kier molecular flexibility index (Phi) is 6.78. The van der Waals surface area contributed by atoms with E-state index in [1.165, 1.54) is 12.8 Å². The molecule has 0 spiro atoms. The van der Waals surface area contributed by atoms with Crippen molar-refractivity contribution < 1.29 is 4.74 Å². The Hall–Kier alpha value is -0.120. The van der Waals surface area contributed by atoms with Crippen molar-refractivity contribution in [2.75, 3.05) is 26.2 Å². The van der Waals surface area contributed by atoms with Crippen LogP contribution in [0.2, 0.25) is 0 Å². The molecular weight excluding hydrogens is 236 g/mol. The minimum absolute atomic E-state index is 0.0422. The van der Waals surface area contributed by atoms with E-state index in [-0.39, 0.29) is 5.60 Å². The van der Waals surface area contributed by atoms with E-state index >= 15 is 0 Å². The number of hydrogen-bond donors (Lipinski definition) is 1. The topological polar surface area (TPSA) is 24.5 Å². The average molecular weight is 270 g/mol. The van der Waals surface area contributed by atoms with Crippen LogP contribution in [0.25, 0.3) is 0 Å². The number of hydrogen-bond acceptors (Lipinski definition) is 3. The zero-order valence-corrected chi connectivity index (χ0v) is 13.8. The lowest BCUT2D eigenvalue weighted by molar-refractivity contribution is -0.0511. The first-order valence-corrected chi connectivity index (χ1v) is 8.04. The first-order chi connectivity index (χ1) is 8.93. The zero-order chi connectivity index (χ0) is 14.5. The molecule has 0 aromatic rings. The maximum Gasteiger partial charge on any atom is 0.0752 e. The van der Waals surface area contributed by atoms with Crippen molar-refractivity contribution in [3.8, 4) is 0 Å². The van der Waals surface area contributed by atoms with Crippen LogP contribution in [0.5, 0.6) is 0 Å². The third-order valence-electron chi connectivity index (χ3n) is 4.48. The molecule has 1 fully saturated rings. The summed E-state index contributed by atoms with van der Waals surface area (Å²) in [5, 5.41) is 3.74. The van der Waals surface area contributed by atoms with Gasteiger partial charge in [-0.25, -0.2) is 0 Å². The summed E-state index contributed by atoms with van der Waals surface area (Å²) in [5.41, 5.74) is -0.0422.